The summed E-state index contributed by atoms with van der Waals surface area (Å²) in [5.74, 6) is -2.86. The fourth-order valence-corrected chi connectivity index (χ4v) is 6.04. The van der Waals surface area contributed by atoms with E-state index in [4.69, 9.17) is 23.2 Å². The number of carbonyl (C=O) groups is 2. The van der Waals surface area contributed by atoms with E-state index in [-0.39, 0.29) is 49.5 Å². The molecule has 0 aromatic heterocycles. The van der Waals surface area contributed by atoms with Crippen LogP contribution in [0.4, 0.5) is 14.5 Å². The minimum Gasteiger partial charge on any atom is -0.352 e. The Morgan fingerprint density at radius 1 is 1.05 bits per heavy atom. The summed E-state index contributed by atoms with van der Waals surface area (Å²) in [4.78, 5) is 28.2. The first kappa shape index (κ1) is 31.1. The summed E-state index contributed by atoms with van der Waals surface area (Å²) in [6.45, 7) is 1.79. The summed E-state index contributed by atoms with van der Waals surface area (Å²) in [6.07, 6.45) is 5.21. The van der Waals surface area contributed by atoms with Crippen molar-refractivity contribution in [1.82, 2.24) is 10.2 Å². The molecule has 2 aromatic rings. The molecule has 0 heterocycles. The van der Waals surface area contributed by atoms with Crippen LogP contribution in [0.1, 0.15) is 57.4 Å². The molecular weight excluding hydrogens is 571 g/mol. The zero-order valence-electron chi connectivity index (χ0n) is 21.9. The number of sulfonamides is 1. The Hall–Kier alpha value is -2.43. The quantitative estimate of drug-likeness (QED) is 0.338. The smallest absolute Gasteiger partial charge is 0.243 e. The molecule has 2 amide bonds. The van der Waals surface area contributed by atoms with Crippen molar-refractivity contribution >= 4 is 50.7 Å². The van der Waals surface area contributed by atoms with E-state index in [0.717, 1.165) is 48.4 Å². The number of hydrogen-bond acceptors (Lipinski definition) is 4. The third-order valence-corrected chi connectivity index (χ3v) is 8.70. The minimum atomic E-state index is -3.84. The van der Waals surface area contributed by atoms with Crippen LogP contribution in [0.25, 0.3) is 0 Å². The van der Waals surface area contributed by atoms with Crippen LogP contribution in [0, 0.1) is 11.6 Å². The molecule has 12 heteroatoms. The van der Waals surface area contributed by atoms with Gasteiger partial charge in [0.25, 0.3) is 0 Å². The third-order valence-electron chi connectivity index (χ3n) is 6.77. The van der Waals surface area contributed by atoms with Crippen molar-refractivity contribution in [2.24, 2.45) is 0 Å². The van der Waals surface area contributed by atoms with Crippen molar-refractivity contribution in [3.05, 3.63) is 63.6 Å². The number of halogens is 4. The maximum Gasteiger partial charge on any atom is 0.243 e. The second kappa shape index (κ2) is 13.8. The monoisotopic (exact) mass is 603 g/mol. The van der Waals surface area contributed by atoms with Gasteiger partial charge in [0.05, 0.1) is 22.0 Å². The molecule has 0 aliphatic heterocycles. The zero-order valence-corrected chi connectivity index (χ0v) is 24.3. The number of hydrogen-bond donors (Lipinski definition) is 1. The lowest BCUT2D eigenvalue weighted by Gasteiger charge is -2.32. The van der Waals surface area contributed by atoms with Gasteiger partial charge in [0, 0.05) is 31.6 Å². The Morgan fingerprint density at radius 3 is 2.33 bits per heavy atom. The molecule has 0 spiro atoms. The van der Waals surface area contributed by atoms with Crippen LogP contribution in [0.5, 0.6) is 0 Å². The van der Waals surface area contributed by atoms with Crippen molar-refractivity contribution in [3.63, 3.8) is 0 Å². The molecule has 1 aliphatic rings. The molecule has 7 nitrogen and oxygen atoms in total. The van der Waals surface area contributed by atoms with Crippen molar-refractivity contribution in [3.8, 4) is 0 Å². The zero-order chi connectivity index (χ0) is 28.7. The van der Waals surface area contributed by atoms with Gasteiger partial charge in [-0.05, 0) is 55.5 Å². The lowest BCUT2D eigenvalue weighted by atomic mass is 10.1. The summed E-state index contributed by atoms with van der Waals surface area (Å²) in [6, 6.07) is 7.13. The van der Waals surface area contributed by atoms with Gasteiger partial charge < -0.3 is 10.2 Å². The summed E-state index contributed by atoms with van der Waals surface area (Å²) >= 11 is 12.2. The lowest BCUT2D eigenvalue weighted by Crippen LogP contribution is -2.51. The van der Waals surface area contributed by atoms with Gasteiger partial charge in [-0.15, -0.1) is 0 Å². The molecule has 1 N–H and O–H groups in total. The van der Waals surface area contributed by atoms with Crippen molar-refractivity contribution in [2.75, 3.05) is 17.1 Å². The van der Waals surface area contributed by atoms with E-state index in [0.29, 0.717) is 22.0 Å². The van der Waals surface area contributed by atoms with E-state index in [1.54, 1.807) is 18.2 Å². The van der Waals surface area contributed by atoms with Gasteiger partial charge in [0.2, 0.25) is 21.8 Å². The third kappa shape index (κ3) is 8.53. The minimum absolute atomic E-state index is 0.0427. The molecule has 0 bridgehead atoms. The number of nitrogens with zero attached hydrogens (tertiary/aromatic N) is 2. The van der Waals surface area contributed by atoms with Crippen LogP contribution in [0.2, 0.25) is 10.0 Å². The lowest BCUT2D eigenvalue weighted by molar-refractivity contribution is -0.141. The largest absolute Gasteiger partial charge is 0.352 e. The van der Waals surface area contributed by atoms with Crippen molar-refractivity contribution in [2.45, 2.75) is 70.5 Å². The highest BCUT2D eigenvalue weighted by molar-refractivity contribution is 7.92. The molecule has 0 saturated heterocycles. The Morgan fingerprint density at radius 2 is 1.74 bits per heavy atom. The average Bonchev–Trinajstić information content (AvgIpc) is 3.38. The van der Waals surface area contributed by atoms with Gasteiger partial charge >= 0.3 is 0 Å². The van der Waals surface area contributed by atoms with Crippen LogP contribution in [0.3, 0.4) is 0 Å². The fourth-order valence-electron chi connectivity index (χ4n) is 4.77. The van der Waals surface area contributed by atoms with Crippen LogP contribution < -0.4 is 9.62 Å². The number of benzene rings is 2. The molecule has 0 radical (unpaired) electrons. The number of rotatable bonds is 12. The molecule has 1 aliphatic carbocycles. The van der Waals surface area contributed by atoms with E-state index in [2.05, 4.69) is 5.32 Å². The molecule has 0 unspecified atom stereocenters. The highest BCUT2D eigenvalue weighted by Gasteiger charge is 2.31. The maximum atomic E-state index is 13.8. The molecule has 3 rings (SSSR count). The normalized spacial score (nSPS) is 14.7. The van der Waals surface area contributed by atoms with Gasteiger partial charge in [-0.3, -0.25) is 13.9 Å². The van der Waals surface area contributed by atoms with Gasteiger partial charge in [-0.1, -0.05) is 49.0 Å². The second-order valence-electron chi connectivity index (χ2n) is 9.72. The van der Waals surface area contributed by atoms with E-state index >= 15 is 0 Å². The molecule has 214 valence electrons. The number of amides is 2. The number of nitrogens with one attached hydrogen (secondary N) is 1. The highest BCUT2D eigenvalue weighted by Crippen LogP contribution is 2.26. The molecular formula is C27H33Cl2F2N3O4S. The predicted octanol–water partition coefficient (Wildman–Crippen LogP) is 5.68. The predicted molar refractivity (Wildman–Crippen MR) is 149 cm³/mol. The average molecular weight is 605 g/mol. The summed E-state index contributed by atoms with van der Waals surface area (Å²) in [5, 5.41) is 3.75. The maximum absolute atomic E-state index is 13.8. The molecule has 2 aromatic carbocycles. The fraction of sp³-hybridized carbons (Fsp3) is 0.481. The summed E-state index contributed by atoms with van der Waals surface area (Å²) < 4.78 is 52.9. The first-order chi connectivity index (χ1) is 18.4. The Kier molecular flexibility index (Phi) is 11.0. The van der Waals surface area contributed by atoms with E-state index in [1.807, 2.05) is 6.92 Å². The van der Waals surface area contributed by atoms with Crippen molar-refractivity contribution in [1.29, 1.82) is 0 Å². The SMILES string of the molecule is CC[C@H](C(=O)NC1CCCC1)N(Cc1ccc(Cl)c(Cl)c1)C(=O)CCCN(c1ccc(F)c(F)c1)S(C)(=O)=O. The number of anilines is 1. The second-order valence-corrected chi connectivity index (χ2v) is 12.4. The topological polar surface area (TPSA) is 86.8 Å². The number of carbonyl (C=O) groups excluding carboxylic acids is 2. The Labute approximate surface area is 238 Å². The Balaban J connectivity index is 1.78. The summed E-state index contributed by atoms with van der Waals surface area (Å²) in [5.41, 5.74) is 0.642. The van der Waals surface area contributed by atoms with Gasteiger partial charge in [-0.2, -0.15) is 0 Å². The van der Waals surface area contributed by atoms with Gasteiger partial charge in [-0.25, -0.2) is 17.2 Å². The van der Waals surface area contributed by atoms with E-state index < -0.39 is 27.7 Å². The molecule has 1 fully saturated rings. The molecule has 1 atom stereocenters. The van der Waals surface area contributed by atoms with E-state index in [9.17, 15) is 26.8 Å². The first-order valence-corrected chi connectivity index (χ1v) is 15.5. The van der Waals surface area contributed by atoms with Gasteiger partial charge in [0.15, 0.2) is 11.6 Å². The van der Waals surface area contributed by atoms with Crippen LogP contribution >= 0.6 is 23.2 Å². The van der Waals surface area contributed by atoms with Gasteiger partial charge in [0.1, 0.15) is 6.04 Å². The summed E-state index contributed by atoms with van der Waals surface area (Å²) in [7, 11) is -3.84. The molecule has 39 heavy (non-hydrogen) atoms. The molecule has 1 saturated carbocycles. The highest BCUT2D eigenvalue weighted by atomic mass is 35.5. The first-order valence-electron chi connectivity index (χ1n) is 12.9. The van der Waals surface area contributed by atoms with Crippen LogP contribution in [-0.4, -0.2) is 50.0 Å². The van der Waals surface area contributed by atoms with Crippen molar-refractivity contribution < 1.29 is 26.8 Å². The van der Waals surface area contributed by atoms with Crippen LogP contribution in [-0.2, 0) is 26.2 Å². The van der Waals surface area contributed by atoms with E-state index in [1.165, 1.54) is 11.0 Å². The standard InChI is InChI=1S/C27H33Cl2F2N3O4S/c1-3-25(27(36)32-19-7-4-5-8-19)33(17-18-10-12-21(28)22(29)15-18)26(35)9-6-14-34(39(2,37)38)20-11-13-23(30)24(31)16-20/h10-13,15-16,19,25H,3-9,14,17H2,1-2H3,(H,32,36)/t25-/m1/s1. The Bertz CT molecular complexity index is 1290. The van der Waals surface area contributed by atoms with Crippen LogP contribution in [0.15, 0.2) is 36.4 Å².